The molecule has 0 aromatic carbocycles. The van der Waals surface area contributed by atoms with E-state index in [2.05, 4.69) is 0 Å². The maximum atomic E-state index is 11.2. The van der Waals surface area contributed by atoms with Gasteiger partial charge < -0.3 is 10.0 Å². The SMILES string of the molecule is CC1(C)S[C@@H]2CC(=O)N2[C@@H]1C(=O)O. The van der Waals surface area contributed by atoms with Gasteiger partial charge >= 0.3 is 5.97 Å². The molecule has 2 rings (SSSR count). The van der Waals surface area contributed by atoms with Gasteiger partial charge in [0.25, 0.3) is 0 Å². The second-order valence-corrected chi connectivity index (χ2v) is 5.75. The number of hydrogen-bond acceptors (Lipinski definition) is 3. The van der Waals surface area contributed by atoms with Gasteiger partial charge in [-0.1, -0.05) is 0 Å². The van der Waals surface area contributed by atoms with Crippen molar-refractivity contribution in [2.45, 2.75) is 36.4 Å². The van der Waals surface area contributed by atoms with Gasteiger partial charge in [0.1, 0.15) is 6.04 Å². The Morgan fingerprint density at radius 2 is 2.31 bits per heavy atom. The van der Waals surface area contributed by atoms with Gasteiger partial charge in [0.15, 0.2) is 0 Å². The summed E-state index contributed by atoms with van der Waals surface area (Å²) >= 11 is 1.58. The first kappa shape index (κ1) is 8.87. The van der Waals surface area contributed by atoms with Crippen LogP contribution in [0.1, 0.15) is 20.3 Å². The normalized spacial score (nSPS) is 35.5. The summed E-state index contributed by atoms with van der Waals surface area (Å²) in [4.78, 5) is 23.6. The van der Waals surface area contributed by atoms with Crippen LogP contribution in [0.2, 0.25) is 0 Å². The van der Waals surface area contributed by atoms with E-state index >= 15 is 0 Å². The fourth-order valence-electron chi connectivity index (χ4n) is 1.98. The molecular formula is C8H11NO3S. The average molecular weight is 201 g/mol. The summed E-state index contributed by atoms with van der Waals surface area (Å²) in [6, 6.07) is -0.649. The van der Waals surface area contributed by atoms with E-state index in [1.54, 1.807) is 11.8 Å². The summed E-state index contributed by atoms with van der Waals surface area (Å²) < 4.78 is -0.358. The predicted octanol–water partition coefficient (Wildman–Crippen LogP) is 0.523. The summed E-state index contributed by atoms with van der Waals surface area (Å²) in [5.41, 5.74) is 0. The third-order valence-electron chi connectivity index (χ3n) is 2.56. The number of amides is 1. The minimum absolute atomic E-state index is 0.0320. The van der Waals surface area contributed by atoms with Crippen molar-refractivity contribution in [1.29, 1.82) is 0 Å². The van der Waals surface area contributed by atoms with E-state index in [4.69, 9.17) is 5.11 Å². The number of fused-ring (bicyclic) bond motifs is 1. The van der Waals surface area contributed by atoms with Crippen molar-refractivity contribution in [2.75, 3.05) is 0 Å². The van der Waals surface area contributed by atoms with Crippen LogP contribution in [0.15, 0.2) is 0 Å². The van der Waals surface area contributed by atoms with E-state index < -0.39 is 12.0 Å². The maximum Gasteiger partial charge on any atom is 0.327 e. The highest BCUT2D eigenvalue weighted by Crippen LogP contribution is 2.50. The molecular weight excluding hydrogens is 190 g/mol. The smallest absolute Gasteiger partial charge is 0.327 e. The fourth-order valence-corrected chi connectivity index (χ4v) is 3.60. The van der Waals surface area contributed by atoms with E-state index in [1.807, 2.05) is 13.8 Å². The lowest BCUT2D eigenvalue weighted by atomic mass is 9.98. The van der Waals surface area contributed by atoms with E-state index in [1.165, 1.54) is 4.90 Å². The van der Waals surface area contributed by atoms with Crippen LogP contribution in [0.4, 0.5) is 0 Å². The molecule has 0 bridgehead atoms. The van der Waals surface area contributed by atoms with Crippen molar-refractivity contribution in [3.63, 3.8) is 0 Å². The third kappa shape index (κ3) is 1.06. The Labute approximate surface area is 80.3 Å². The van der Waals surface area contributed by atoms with Crippen molar-refractivity contribution in [3.05, 3.63) is 0 Å². The average Bonchev–Trinajstić information content (AvgIpc) is 2.18. The molecule has 0 aromatic heterocycles. The highest BCUT2D eigenvalue weighted by Gasteiger charge is 2.58. The molecule has 0 saturated carbocycles. The van der Waals surface area contributed by atoms with Crippen molar-refractivity contribution >= 4 is 23.6 Å². The zero-order chi connectivity index (χ0) is 9.80. The number of carboxylic acids is 1. The Morgan fingerprint density at radius 3 is 2.69 bits per heavy atom. The molecule has 0 unspecified atom stereocenters. The number of rotatable bonds is 1. The van der Waals surface area contributed by atoms with Gasteiger partial charge in [0.05, 0.1) is 11.8 Å². The Morgan fingerprint density at radius 1 is 1.69 bits per heavy atom. The van der Waals surface area contributed by atoms with Crippen LogP contribution >= 0.6 is 11.8 Å². The summed E-state index contributed by atoms with van der Waals surface area (Å²) in [7, 11) is 0. The molecule has 0 aliphatic carbocycles. The Hall–Kier alpha value is -0.710. The molecule has 2 fully saturated rings. The van der Waals surface area contributed by atoms with Gasteiger partial charge in [-0.15, -0.1) is 11.8 Å². The number of carbonyl (C=O) groups excluding carboxylic acids is 1. The summed E-state index contributed by atoms with van der Waals surface area (Å²) in [5, 5.41) is 9.08. The van der Waals surface area contributed by atoms with Gasteiger partial charge in [-0.3, -0.25) is 4.79 Å². The maximum absolute atomic E-state index is 11.2. The first-order valence-corrected chi connectivity index (χ1v) is 5.03. The van der Waals surface area contributed by atoms with E-state index in [0.717, 1.165) is 0 Å². The lowest BCUT2D eigenvalue weighted by Gasteiger charge is -2.36. The monoisotopic (exact) mass is 201 g/mol. The van der Waals surface area contributed by atoms with Crippen molar-refractivity contribution < 1.29 is 14.7 Å². The minimum atomic E-state index is -0.895. The van der Waals surface area contributed by atoms with E-state index in [-0.39, 0.29) is 16.0 Å². The van der Waals surface area contributed by atoms with Crippen LogP contribution in [0, 0.1) is 0 Å². The molecule has 0 radical (unpaired) electrons. The number of hydrogen-bond donors (Lipinski definition) is 1. The van der Waals surface area contributed by atoms with Gasteiger partial charge in [-0.05, 0) is 13.8 Å². The quantitative estimate of drug-likeness (QED) is 0.628. The second-order valence-electron chi connectivity index (χ2n) is 3.92. The number of carbonyl (C=O) groups is 2. The molecule has 2 aliphatic heterocycles. The van der Waals surface area contributed by atoms with Crippen LogP contribution < -0.4 is 0 Å². The molecule has 5 heteroatoms. The summed E-state index contributed by atoms with van der Waals surface area (Å²) in [6.07, 6.45) is 0.498. The van der Waals surface area contributed by atoms with Crippen LogP contribution in [0.3, 0.4) is 0 Å². The molecule has 72 valence electrons. The molecule has 0 spiro atoms. The molecule has 2 heterocycles. The topological polar surface area (TPSA) is 57.6 Å². The van der Waals surface area contributed by atoms with Crippen LogP contribution in [0.25, 0.3) is 0 Å². The molecule has 2 atom stereocenters. The zero-order valence-corrected chi connectivity index (χ0v) is 8.30. The van der Waals surface area contributed by atoms with Gasteiger partial charge in [-0.2, -0.15) is 0 Å². The van der Waals surface area contributed by atoms with Crippen LogP contribution in [-0.4, -0.2) is 38.0 Å². The lowest BCUT2D eigenvalue weighted by molar-refractivity contribution is -0.157. The largest absolute Gasteiger partial charge is 0.480 e. The van der Waals surface area contributed by atoms with Gasteiger partial charge in [-0.25, -0.2) is 4.79 Å². The standard InChI is InChI=1S/C8H11NO3S/c1-8(2)6(7(11)12)9-4(10)3-5(9)13-8/h5-6H,3H2,1-2H3,(H,11,12)/t5-,6-/m1/s1. The molecule has 2 aliphatic rings. The Bertz CT molecular complexity index is 289. The number of aliphatic carboxylic acids is 1. The van der Waals surface area contributed by atoms with Crippen LogP contribution in [0.5, 0.6) is 0 Å². The molecule has 4 nitrogen and oxygen atoms in total. The molecule has 0 aromatic rings. The third-order valence-corrected chi connectivity index (χ3v) is 4.05. The fraction of sp³-hybridized carbons (Fsp3) is 0.750. The Balaban J connectivity index is 2.30. The second kappa shape index (κ2) is 2.41. The van der Waals surface area contributed by atoms with E-state index in [0.29, 0.717) is 6.42 Å². The number of nitrogens with zero attached hydrogens (tertiary/aromatic N) is 1. The summed E-state index contributed by atoms with van der Waals surface area (Å²) in [6.45, 7) is 3.75. The highest BCUT2D eigenvalue weighted by molar-refractivity contribution is 8.01. The Kier molecular flexibility index (Phi) is 1.64. The first-order valence-electron chi connectivity index (χ1n) is 4.15. The first-order chi connectivity index (χ1) is 5.93. The predicted molar refractivity (Wildman–Crippen MR) is 48.3 cm³/mol. The minimum Gasteiger partial charge on any atom is -0.480 e. The van der Waals surface area contributed by atoms with Gasteiger partial charge in [0.2, 0.25) is 5.91 Å². The molecule has 13 heavy (non-hydrogen) atoms. The van der Waals surface area contributed by atoms with Crippen LogP contribution in [-0.2, 0) is 9.59 Å². The zero-order valence-electron chi connectivity index (χ0n) is 7.48. The van der Waals surface area contributed by atoms with Crippen molar-refractivity contribution in [1.82, 2.24) is 4.90 Å². The molecule has 1 amide bonds. The van der Waals surface area contributed by atoms with E-state index in [9.17, 15) is 9.59 Å². The highest BCUT2D eigenvalue weighted by atomic mass is 32.2. The van der Waals surface area contributed by atoms with Gasteiger partial charge in [0, 0.05) is 4.75 Å². The lowest BCUT2D eigenvalue weighted by Crippen LogP contribution is -2.56. The number of β-lactam (4-membered cyclic amide) rings is 1. The molecule has 1 N–H and O–H groups in total. The summed E-state index contributed by atoms with van der Waals surface area (Å²) in [5.74, 6) is -0.927. The number of carboxylic acid groups (broad SMARTS) is 1. The van der Waals surface area contributed by atoms with Crippen molar-refractivity contribution in [3.8, 4) is 0 Å². The molecule has 2 saturated heterocycles. The van der Waals surface area contributed by atoms with Crippen molar-refractivity contribution in [2.24, 2.45) is 0 Å². The number of thioether (sulfide) groups is 1.